The number of pyridine rings is 1. The fourth-order valence-corrected chi connectivity index (χ4v) is 2.97. The molecule has 0 aliphatic carbocycles. The van der Waals surface area contributed by atoms with E-state index in [1.165, 1.54) is 6.07 Å². The van der Waals surface area contributed by atoms with Crippen LogP contribution >= 0.6 is 0 Å². The first kappa shape index (κ1) is 13.9. The van der Waals surface area contributed by atoms with E-state index in [0.717, 1.165) is 6.20 Å². The van der Waals surface area contributed by atoms with Crippen LogP contribution in [0.15, 0.2) is 12.3 Å². The standard InChI is InChI=1S/C12H16FN3O2S/c1-2-14-11-10(7-9(13)8-15-11)12(17)16-3-5-19(18)6-4-16/h7-8H,2-6H2,1H3,(H,14,15). The number of rotatable bonds is 3. The summed E-state index contributed by atoms with van der Waals surface area (Å²) >= 11 is 0. The van der Waals surface area contributed by atoms with Gasteiger partial charge in [0.25, 0.3) is 5.91 Å². The van der Waals surface area contributed by atoms with Gasteiger partial charge in [-0.25, -0.2) is 9.37 Å². The molecule has 0 bridgehead atoms. The van der Waals surface area contributed by atoms with Crippen LogP contribution in [-0.2, 0) is 10.8 Å². The predicted molar refractivity (Wildman–Crippen MR) is 72.1 cm³/mol. The highest BCUT2D eigenvalue weighted by atomic mass is 32.2. The van der Waals surface area contributed by atoms with Crippen molar-refractivity contribution in [2.24, 2.45) is 0 Å². The predicted octanol–water partition coefficient (Wildman–Crippen LogP) is 0.857. The van der Waals surface area contributed by atoms with Crippen LogP contribution in [0.5, 0.6) is 0 Å². The molecule has 1 N–H and O–H groups in total. The van der Waals surface area contributed by atoms with Gasteiger partial charge in [0.05, 0.1) is 11.8 Å². The Morgan fingerprint density at radius 3 is 2.84 bits per heavy atom. The van der Waals surface area contributed by atoms with Gasteiger partial charge in [-0.1, -0.05) is 0 Å². The molecule has 1 aliphatic rings. The molecule has 0 radical (unpaired) electrons. The lowest BCUT2D eigenvalue weighted by atomic mass is 10.2. The summed E-state index contributed by atoms with van der Waals surface area (Å²) in [5.41, 5.74) is 0.231. The van der Waals surface area contributed by atoms with Crippen LogP contribution in [0.1, 0.15) is 17.3 Å². The molecule has 2 heterocycles. The highest BCUT2D eigenvalue weighted by Gasteiger charge is 2.24. The molecule has 1 aromatic heterocycles. The molecule has 5 nitrogen and oxygen atoms in total. The number of carbonyl (C=O) groups is 1. The van der Waals surface area contributed by atoms with Crippen molar-refractivity contribution in [3.63, 3.8) is 0 Å². The minimum absolute atomic E-state index is 0.231. The molecule has 0 saturated carbocycles. The van der Waals surface area contributed by atoms with Gasteiger partial charge in [0.1, 0.15) is 11.6 Å². The molecule has 1 saturated heterocycles. The van der Waals surface area contributed by atoms with Crippen molar-refractivity contribution in [3.8, 4) is 0 Å². The molecule has 19 heavy (non-hydrogen) atoms. The zero-order valence-electron chi connectivity index (χ0n) is 10.7. The normalized spacial score (nSPS) is 16.4. The van der Waals surface area contributed by atoms with Crippen LogP contribution in [0.3, 0.4) is 0 Å². The van der Waals surface area contributed by atoms with E-state index in [9.17, 15) is 13.4 Å². The number of hydrogen-bond acceptors (Lipinski definition) is 4. The summed E-state index contributed by atoms with van der Waals surface area (Å²) in [6.07, 6.45) is 1.08. The van der Waals surface area contributed by atoms with Crippen molar-refractivity contribution < 1.29 is 13.4 Å². The fraction of sp³-hybridized carbons (Fsp3) is 0.500. The number of nitrogens with zero attached hydrogens (tertiary/aromatic N) is 2. The minimum atomic E-state index is -0.846. The Morgan fingerprint density at radius 2 is 2.21 bits per heavy atom. The lowest BCUT2D eigenvalue weighted by molar-refractivity contribution is 0.0771. The molecule has 7 heteroatoms. The van der Waals surface area contributed by atoms with Crippen LogP contribution in [0.2, 0.25) is 0 Å². The Hall–Kier alpha value is -1.50. The second-order valence-corrected chi connectivity index (χ2v) is 5.92. The number of aromatic nitrogens is 1. The van der Waals surface area contributed by atoms with Crippen LogP contribution in [0.25, 0.3) is 0 Å². The summed E-state index contributed by atoms with van der Waals surface area (Å²) in [6.45, 7) is 3.35. The lowest BCUT2D eigenvalue weighted by Crippen LogP contribution is -2.42. The summed E-state index contributed by atoms with van der Waals surface area (Å²) in [7, 11) is -0.846. The average molecular weight is 285 g/mol. The summed E-state index contributed by atoms with van der Waals surface area (Å²) < 4.78 is 24.5. The highest BCUT2D eigenvalue weighted by Crippen LogP contribution is 2.17. The van der Waals surface area contributed by atoms with Gasteiger partial charge < -0.3 is 10.2 Å². The van der Waals surface area contributed by atoms with Gasteiger partial charge in [-0.2, -0.15) is 0 Å². The molecule has 0 aromatic carbocycles. The molecule has 0 atom stereocenters. The van der Waals surface area contributed by atoms with Gasteiger partial charge >= 0.3 is 0 Å². The molecule has 0 spiro atoms. The van der Waals surface area contributed by atoms with Crippen molar-refractivity contribution in [2.45, 2.75) is 6.92 Å². The van der Waals surface area contributed by atoms with E-state index in [2.05, 4.69) is 10.3 Å². The van der Waals surface area contributed by atoms with Crippen LogP contribution in [0.4, 0.5) is 10.2 Å². The summed E-state index contributed by atoms with van der Waals surface area (Å²) in [5, 5.41) is 2.95. The number of nitrogens with one attached hydrogen (secondary N) is 1. The number of amides is 1. The molecule has 0 unspecified atom stereocenters. The van der Waals surface area contributed by atoms with E-state index in [1.54, 1.807) is 4.90 Å². The Kier molecular flexibility index (Phi) is 4.47. The van der Waals surface area contributed by atoms with Gasteiger partial charge in [-0.05, 0) is 13.0 Å². The molecule has 1 aromatic rings. The number of anilines is 1. The summed E-state index contributed by atoms with van der Waals surface area (Å²) in [6, 6.07) is 1.19. The van der Waals surface area contributed by atoms with Gasteiger partial charge in [-0.15, -0.1) is 0 Å². The number of carbonyl (C=O) groups excluding carboxylic acids is 1. The molecule has 1 amide bonds. The molecular weight excluding hydrogens is 269 g/mol. The SMILES string of the molecule is CCNc1ncc(F)cc1C(=O)N1CCS(=O)CC1. The van der Waals surface area contributed by atoms with E-state index >= 15 is 0 Å². The third kappa shape index (κ3) is 3.28. The Morgan fingerprint density at radius 1 is 1.53 bits per heavy atom. The van der Waals surface area contributed by atoms with Gasteiger partial charge in [-0.3, -0.25) is 9.00 Å². The second-order valence-electron chi connectivity index (χ2n) is 4.22. The molecule has 1 aliphatic heterocycles. The zero-order valence-corrected chi connectivity index (χ0v) is 11.5. The Labute approximate surface area is 113 Å². The summed E-state index contributed by atoms with van der Waals surface area (Å²) in [4.78, 5) is 17.8. The van der Waals surface area contributed by atoms with E-state index in [4.69, 9.17) is 0 Å². The number of hydrogen-bond donors (Lipinski definition) is 1. The molecule has 104 valence electrons. The maximum Gasteiger partial charge on any atom is 0.257 e. The van der Waals surface area contributed by atoms with Crippen molar-refractivity contribution in [1.29, 1.82) is 0 Å². The zero-order chi connectivity index (χ0) is 13.8. The number of halogens is 1. The third-order valence-corrected chi connectivity index (χ3v) is 4.17. The van der Waals surface area contributed by atoms with Crippen molar-refractivity contribution in [1.82, 2.24) is 9.88 Å². The molecule has 2 rings (SSSR count). The first-order valence-corrected chi connectivity index (χ1v) is 7.64. The van der Waals surface area contributed by atoms with E-state index in [-0.39, 0.29) is 11.5 Å². The average Bonchev–Trinajstić information content (AvgIpc) is 2.41. The Balaban J connectivity index is 2.22. The van der Waals surface area contributed by atoms with Crippen molar-refractivity contribution in [3.05, 3.63) is 23.6 Å². The largest absolute Gasteiger partial charge is 0.370 e. The second kappa shape index (κ2) is 6.10. The van der Waals surface area contributed by atoms with Crippen LogP contribution < -0.4 is 5.32 Å². The van der Waals surface area contributed by atoms with E-state index in [0.29, 0.717) is 37.0 Å². The highest BCUT2D eigenvalue weighted by molar-refractivity contribution is 7.85. The molecular formula is C12H16FN3O2S. The minimum Gasteiger partial charge on any atom is -0.370 e. The van der Waals surface area contributed by atoms with Crippen LogP contribution in [0, 0.1) is 5.82 Å². The van der Waals surface area contributed by atoms with Gasteiger partial charge in [0.15, 0.2) is 0 Å². The van der Waals surface area contributed by atoms with Crippen LogP contribution in [-0.4, -0.2) is 51.1 Å². The maximum atomic E-state index is 13.3. The van der Waals surface area contributed by atoms with E-state index in [1.807, 2.05) is 6.92 Å². The maximum absolute atomic E-state index is 13.3. The Bertz CT molecular complexity index is 500. The van der Waals surface area contributed by atoms with Gasteiger partial charge in [0.2, 0.25) is 0 Å². The van der Waals surface area contributed by atoms with Gasteiger partial charge in [0, 0.05) is 41.9 Å². The van der Waals surface area contributed by atoms with Crippen molar-refractivity contribution >= 4 is 22.5 Å². The topological polar surface area (TPSA) is 62.3 Å². The quantitative estimate of drug-likeness (QED) is 0.894. The smallest absolute Gasteiger partial charge is 0.257 e. The first-order chi connectivity index (χ1) is 9.11. The van der Waals surface area contributed by atoms with E-state index < -0.39 is 16.6 Å². The molecule has 1 fully saturated rings. The lowest BCUT2D eigenvalue weighted by Gasteiger charge is -2.27. The summed E-state index contributed by atoms with van der Waals surface area (Å²) in [5.74, 6) is 0.543. The third-order valence-electron chi connectivity index (χ3n) is 2.89. The monoisotopic (exact) mass is 285 g/mol. The first-order valence-electron chi connectivity index (χ1n) is 6.15. The fourth-order valence-electron chi connectivity index (χ4n) is 1.92. The van der Waals surface area contributed by atoms with Crippen molar-refractivity contribution in [2.75, 3.05) is 36.5 Å².